The molecule has 0 heterocycles. The van der Waals surface area contributed by atoms with Gasteiger partial charge in [0.15, 0.2) is 0 Å². The van der Waals surface area contributed by atoms with Gasteiger partial charge in [-0.2, -0.15) is 0 Å². The second-order valence-electron chi connectivity index (χ2n) is 5.39. The Hall–Kier alpha value is -2.35. The molecule has 2 rings (SSSR count). The molecular formula is C19H21NO. The average molecular weight is 279 g/mol. The predicted octanol–water partition coefficient (Wildman–Crippen LogP) is 4.29. The van der Waals surface area contributed by atoms with Gasteiger partial charge in [0.1, 0.15) is 0 Å². The van der Waals surface area contributed by atoms with Crippen molar-refractivity contribution in [1.29, 1.82) is 0 Å². The van der Waals surface area contributed by atoms with E-state index in [0.29, 0.717) is 18.0 Å². The molecule has 2 nitrogen and oxygen atoms in total. The van der Waals surface area contributed by atoms with Crippen molar-refractivity contribution >= 4 is 12.0 Å². The molecule has 0 aliphatic rings. The van der Waals surface area contributed by atoms with Gasteiger partial charge in [0.25, 0.3) is 5.91 Å². The Kier molecular flexibility index (Phi) is 5.33. The molecule has 1 N–H and O–H groups in total. The van der Waals surface area contributed by atoms with E-state index in [2.05, 4.69) is 31.3 Å². The highest BCUT2D eigenvalue weighted by atomic mass is 16.1. The largest absolute Gasteiger partial charge is 0.348 e. The first-order valence-electron chi connectivity index (χ1n) is 7.25. The van der Waals surface area contributed by atoms with E-state index < -0.39 is 0 Å². The van der Waals surface area contributed by atoms with Gasteiger partial charge < -0.3 is 5.32 Å². The summed E-state index contributed by atoms with van der Waals surface area (Å²) in [7, 11) is 0. The Balaban J connectivity index is 1.94. The van der Waals surface area contributed by atoms with Gasteiger partial charge >= 0.3 is 0 Å². The molecule has 2 heteroatoms. The molecule has 0 fully saturated rings. The van der Waals surface area contributed by atoms with Crippen LogP contribution in [0.15, 0.2) is 60.7 Å². The van der Waals surface area contributed by atoms with Gasteiger partial charge in [0, 0.05) is 12.1 Å². The molecular weight excluding hydrogens is 258 g/mol. The molecule has 0 aliphatic heterocycles. The molecule has 0 unspecified atom stereocenters. The molecule has 0 spiro atoms. The standard InChI is InChI=1S/C19H21NO/c1-15(2)8-9-16-10-12-18(13-11-16)19(21)20-14-17-6-4-3-5-7-17/h3-13,15H,14H2,1-2H3,(H,20,21)/b9-8+. The van der Waals surface area contributed by atoms with E-state index in [1.807, 2.05) is 54.6 Å². The number of hydrogen-bond donors (Lipinski definition) is 1. The topological polar surface area (TPSA) is 29.1 Å². The Morgan fingerprint density at radius 3 is 2.33 bits per heavy atom. The quantitative estimate of drug-likeness (QED) is 0.869. The van der Waals surface area contributed by atoms with Gasteiger partial charge in [-0.25, -0.2) is 0 Å². The number of benzene rings is 2. The number of nitrogens with one attached hydrogen (secondary N) is 1. The van der Waals surface area contributed by atoms with Crippen LogP contribution in [0.1, 0.15) is 35.3 Å². The van der Waals surface area contributed by atoms with Crippen LogP contribution in [0.25, 0.3) is 6.08 Å². The van der Waals surface area contributed by atoms with Gasteiger partial charge in [-0.1, -0.05) is 68.5 Å². The van der Waals surface area contributed by atoms with E-state index in [9.17, 15) is 4.79 Å². The van der Waals surface area contributed by atoms with Crippen LogP contribution in [0.3, 0.4) is 0 Å². The molecule has 1 amide bonds. The van der Waals surface area contributed by atoms with Crippen molar-refractivity contribution in [3.63, 3.8) is 0 Å². The number of allylic oxidation sites excluding steroid dienone is 1. The molecule has 0 atom stereocenters. The van der Waals surface area contributed by atoms with E-state index in [1.165, 1.54) is 0 Å². The lowest BCUT2D eigenvalue weighted by Crippen LogP contribution is -2.22. The highest BCUT2D eigenvalue weighted by molar-refractivity contribution is 5.94. The van der Waals surface area contributed by atoms with Crippen LogP contribution in [0.4, 0.5) is 0 Å². The van der Waals surface area contributed by atoms with E-state index in [0.717, 1.165) is 11.1 Å². The zero-order valence-electron chi connectivity index (χ0n) is 12.5. The van der Waals surface area contributed by atoms with Crippen LogP contribution in [0.5, 0.6) is 0 Å². The number of hydrogen-bond acceptors (Lipinski definition) is 1. The zero-order valence-corrected chi connectivity index (χ0v) is 12.5. The predicted molar refractivity (Wildman–Crippen MR) is 87.9 cm³/mol. The molecule has 0 saturated heterocycles. The summed E-state index contributed by atoms with van der Waals surface area (Å²) in [6, 6.07) is 17.6. The summed E-state index contributed by atoms with van der Waals surface area (Å²) in [5.74, 6) is 0.483. The van der Waals surface area contributed by atoms with Crippen LogP contribution in [0.2, 0.25) is 0 Å². The van der Waals surface area contributed by atoms with Crippen molar-refractivity contribution in [2.75, 3.05) is 0 Å². The van der Waals surface area contributed by atoms with Gasteiger partial charge in [-0.15, -0.1) is 0 Å². The highest BCUT2D eigenvalue weighted by Crippen LogP contribution is 2.08. The fourth-order valence-corrected chi connectivity index (χ4v) is 1.93. The fraction of sp³-hybridized carbons (Fsp3) is 0.211. The highest BCUT2D eigenvalue weighted by Gasteiger charge is 2.04. The molecule has 2 aromatic carbocycles. The first-order chi connectivity index (χ1) is 10.1. The van der Waals surface area contributed by atoms with Gasteiger partial charge in [0.2, 0.25) is 0 Å². The Morgan fingerprint density at radius 2 is 1.71 bits per heavy atom. The van der Waals surface area contributed by atoms with Crippen molar-refractivity contribution in [3.05, 3.63) is 77.4 Å². The van der Waals surface area contributed by atoms with E-state index in [4.69, 9.17) is 0 Å². The number of carbonyl (C=O) groups excluding carboxylic acids is 1. The summed E-state index contributed by atoms with van der Waals surface area (Å²) < 4.78 is 0. The third-order valence-electron chi connectivity index (χ3n) is 3.14. The lowest BCUT2D eigenvalue weighted by molar-refractivity contribution is 0.0951. The maximum absolute atomic E-state index is 12.1. The van der Waals surface area contributed by atoms with Crippen molar-refractivity contribution in [1.82, 2.24) is 5.32 Å². The smallest absolute Gasteiger partial charge is 0.251 e. The monoisotopic (exact) mass is 279 g/mol. The molecule has 0 saturated carbocycles. The Labute approximate surface area is 126 Å². The van der Waals surface area contributed by atoms with E-state index in [-0.39, 0.29) is 5.91 Å². The van der Waals surface area contributed by atoms with Crippen molar-refractivity contribution in [2.45, 2.75) is 20.4 Å². The summed E-state index contributed by atoms with van der Waals surface area (Å²) in [5.41, 5.74) is 2.90. The summed E-state index contributed by atoms with van der Waals surface area (Å²) in [6.45, 7) is 4.83. The first kappa shape index (κ1) is 15.0. The van der Waals surface area contributed by atoms with Gasteiger partial charge in [-0.3, -0.25) is 4.79 Å². The van der Waals surface area contributed by atoms with Crippen molar-refractivity contribution in [2.24, 2.45) is 5.92 Å². The second-order valence-corrected chi connectivity index (χ2v) is 5.39. The number of amides is 1. The molecule has 108 valence electrons. The second kappa shape index (κ2) is 7.44. The third-order valence-corrected chi connectivity index (χ3v) is 3.14. The average Bonchev–Trinajstić information content (AvgIpc) is 2.52. The normalized spacial score (nSPS) is 11.0. The third kappa shape index (κ3) is 4.92. The van der Waals surface area contributed by atoms with Gasteiger partial charge in [0.05, 0.1) is 0 Å². The fourth-order valence-electron chi connectivity index (χ4n) is 1.93. The number of carbonyl (C=O) groups is 1. The molecule has 0 aliphatic carbocycles. The van der Waals surface area contributed by atoms with Crippen molar-refractivity contribution < 1.29 is 4.79 Å². The Morgan fingerprint density at radius 1 is 1.05 bits per heavy atom. The minimum absolute atomic E-state index is 0.0433. The van der Waals surface area contributed by atoms with Crippen LogP contribution in [-0.2, 0) is 6.54 Å². The van der Waals surface area contributed by atoms with Crippen LogP contribution >= 0.6 is 0 Å². The zero-order chi connectivity index (χ0) is 15.1. The molecule has 2 aromatic rings. The summed E-state index contributed by atoms with van der Waals surface area (Å²) in [6.07, 6.45) is 4.22. The van der Waals surface area contributed by atoms with Crippen molar-refractivity contribution in [3.8, 4) is 0 Å². The van der Waals surface area contributed by atoms with Crippen LogP contribution < -0.4 is 5.32 Å². The van der Waals surface area contributed by atoms with Gasteiger partial charge in [-0.05, 0) is 29.2 Å². The van der Waals surface area contributed by atoms with E-state index in [1.54, 1.807) is 0 Å². The Bertz CT molecular complexity index is 597. The van der Waals surface area contributed by atoms with Crippen LogP contribution in [0, 0.1) is 5.92 Å². The lowest BCUT2D eigenvalue weighted by atomic mass is 10.1. The molecule has 0 aromatic heterocycles. The molecule has 21 heavy (non-hydrogen) atoms. The van der Waals surface area contributed by atoms with Crippen LogP contribution in [-0.4, -0.2) is 5.91 Å². The SMILES string of the molecule is CC(C)/C=C/c1ccc(C(=O)NCc2ccccc2)cc1. The number of rotatable bonds is 5. The maximum atomic E-state index is 12.1. The summed E-state index contributed by atoms with van der Waals surface area (Å²) in [5, 5.41) is 2.93. The van der Waals surface area contributed by atoms with E-state index >= 15 is 0 Å². The first-order valence-corrected chi connectivity index (χ1v) is 7.25. The lowest BCUT2D eigenvalue weighted by Gasteiger charge is -2.05. The minimum Gasteiger partial charge on any atom is -0.348 e. The maximum Gasteiger partial charge on any atom is 0.251 e. The minimum atomic E-state index is -0.0433. The summed E-state index contributed by atoms with van der Waals surface area (Å²) in [4.78, 5) is 12.1. The summed E-state index contributed by atoms with van der Waals surface area (Å²) >= 11 is 0. The molecule has 0 radical (unpaired) electrons. The molecule has 0 bridgehead atoms.